The van der Waals surface area contributed by atoms with Crippen LogP contribution in [-0.2, 0) is 0 Å². The summed E-state index contributed by atoms with van der Waals surface area (Å²) in [6.45, 7) is 1.94. The largest absolute Gasteiger partial charge is 0.383 e. The molecule has 0 amide bonds. The molecule has 1 N–H and O–H groups in total. The van der Waals surface area contributed by atoms with Crippen LogP contribution in [0.5, 0.6) is 0 Å². The van der Waals surface area contributed by atoms with E-state index in [-0.39, 0.29) is 5.82 Å². The van der Waals surface area contributed by atoms with Gasteiger partial charge in [0.15, 0.2) is 0 Å². The standard InChI is InChI=1S/C12H11FOS/c1-8-5-6-15-12(8)11(14)9-3-2-4-10(13)7-9/h2-7,11,14H,1H3. The van der Waals surface area contributed by atoms with Gasteiger partial charge < -0.3 is 5.11 Å². The first kappa shape index (κ1) is 10.3. The molecular formula is C12H11FOS. The van der Waals surface area contributed by atoms with Gasteiger partial charge in [0, 0.05) is 4.88 Å². The highest BCUT2D eigenvalue weighted by atomic mass is 32.1. The molecule has 0 aliphatic heterocycles. The molecule has 0 fully saturated rings. The molecule has 0 saturated heterocycles. The molecule has 0 saturated carbocycles. The average molecular weight is 222 g/mol. The van der Waals surface area contributed by atoms with Crippen molar-refractivity contribution >= 4 is 11.3 Å². The van der Waals surface area contributed by atoms with Crippen molar-refractivity contribution in [2.24, 2.45) is 0 Å². The third-order valence-corrected chi connectivity index (χ3v) is 3.39. The molecule has 15 heavy (non-hydrogen) atoms. The van der Waals surface area contributed by atoms with Gasteiger partial charge in [0.1, 0.15) is 11.9 Å². The predicted molar refractivity (Wildman–Crippen MR) is 59.5 cm³/mol. The Morgan fingerprint density at radius 2 is 2.13 bits per heavy atom. The van der Waals surface area contributed by atoms with Crippen molar-refractivity contribution < 1.29 is 9.50 Å². The Morgan fingerprint density at radius 1 is 1.33 bits per heavy atom. The van der Waals surface area contributed by atoms with E-state index in [0.717, 1.165) is 10.4 Å². The van der Waals surface area contributed by atoms with E-state index in [1.54, 1.807) is 12.1 Å². The number of thiophene rings is 1. The third kappa shape index (κ3) is 2.08. The van der Waals surface area contributed by atoms with Crippen molar-refractivity contribution in [3.05, 3.63) is 57.5 Å². The van der Waals surface area contributed by atoms with E-state index < -0.39 is 6.10 Å². The second kappa shape index (κ2) is 4.13. The lowest BCUT2D eigenvalue weighted by Crippen LogP contribution is -1.98. The van der Waals surface area contributed by atoms with E-state index in [0.29, 0.717) is 5.56 Å². The smallest absolute Gasteiger partial charge is 0.123 e. The monoisotopic (exact) mass is 222 g/mol. The van der Waals surface area contributed by atoms with Crippen molar-refractivity contribution in [1.29, 1.82) is 0 Å². The fourth-order valence-corrected chi connectivity index (χ4v) is 2.43. The molecule has 1 aromatic carbocycles. The van der Waals surface area contributed by atoms with Crippen molar-refractivity contribution in [2.75, 3.05) is 0 Å². The molecule has 1 aromatic heterocycles. The molecule has 1 heterocycles. The maximum Gasteiger partial charge on any atom is 0.123 e. The molecular weight excluding hydrogens is 211 g/mol. The van der Waals surface area contributed by atoms with Crippen molar-refractivity contribution in [3.63, 3.8) is 0 Å². The number of aryl methyl sites for hydroxylation is 1. The van der Waals surface area contributed by atoms with Gasteiger partial charge in [-0.2, -0.15) is 0 Å². The van der Waals surface area contributed by atoms with E-state index in [2.05, 4.69) is 0 Å². The van der Waals surface area contributed by atoms with Crippen LogP contribution in [0, 0.1) is 12.7 Å². The number of hydrogen-bond donors (Lipinski definition) is 1. The summed E-state index contributed by atoms with van der Waals surface area (Å²) < 4.78 is 13.0. The summed E-state index contributed by atoms with van der Waals surface area (Å²) in [7, 11) is 0. The van der Waals surface area contributed by atoms with Crippen LogP contribution in [0.2, 0.25) is 0 Å². The van der Waals surface area contributed by atoms with Gasteiger partial charge in [0.05, 0.1) is 0 Å². The van der Waals surface area contributed by atoms with Crippen molar-refractivity contribution in [2.45, 2.75) is 13.0 Å². The second-order valence-electron chi connectivity index (χ2n) is 3.43. The Hall–Kier alpha value is -1.19. The van der Waals surface area contributed by atoms with E-state index >= 15 is 0 Å². The fourth-order valence-electron chi connectivity index (χ4n) is 1.49. The summed E-state index contributed by atoms with van der Waals surface area (Å²) in [5.41, 5.74) is 1.64. The number of halogens is 1. The minimum Gasteiger partial charge on any atom is -0.383 e. The van der Waals surface area contributed by atoms with Crippen LogP contribution < -0.4 is 0 Å². The Kier molecular flexibility index (Phi) is 2.84. The van der Waals surface area contributed by atoms with Gasteiger partial charge >= 0.3 is 0 Å². The van der Waals surface area contributed by atoms with Crippen LogP contribution in [0.1, 0.15) is 22.1 Å². The highest BCUT2D eigenvalue weighted by Crippen LogP contribution is 2.29. The lowest BCUT2D eigenvalue weighted by molar-refractivity contribution is 0.223. The molecule has 1 atom stereocenters. The summed E-state index contributed by atoms with van der Waals surface area (Å²) in [6.07, 6.45) is -0.722. The number of hydrogen-bond acceptors (Lipinski definition) is 2. The minimum absolute atomic E-state index is 0.319. The maximum absolute atomic E-state index is 13.0. The quantitative estimate of drug-likeness (QED) is 0.826. The average Bonchev–Trinajstić information content (AvgIpc) is 2.63. The van der Waals surface area contributed by atoms with Gasteiger partial charge in [-0.05, 0) is 41.6 Å². The zero-order valence-electron chi connectivity index (χ0n) is 8.27. The summed E-state index contributed by atoms with van der Waals surface area (Å²) in [6, 6.07) is 8.02. The first-order chi connectivity index (χ1) is 7.18. The van der Waals surface area contributed by atoms with Gasteiger partial charge in [-0.25, -0.2) is 4.39 Å². The van der Waals surface area contributed by atoms with Gasteiger partial charge in [-0.1, -0.05) is 12.1 Å². The summed E-state index contributed by atoms with van der Waals surface area (Å²) in [5.74, 6) is -0.319. The molecule has 0 aliphatic carbocycles. The van der Waals surface area contributed by atoms with E-state index in [1.807, 2.05) is 18.4 Å². The zero-order chi connectivity index (χ0) is 10.8. The molecule has 2 aromatic rings. The van der Waals surface area contributed by atoms with Gasteiger partial charge in [-0.3, -0.25) is 0 Å². The minimum atomic E-state index is -0.722. The van der Waals surface area contributed by atoms with Crippen molar-refractivity contribution in [1.82, 2.24) is 0 Å². The van der Waals surface area contributed by atoms with Gasteiger partial charge in [-0.15, -0.1) is 11.3 Å². The highest BCUT2D eigenvalue weighted by Gasteiger charge is 2.14. The fraction of sp³-hybridized carbons (Fsp3) is 0.167. The Morgan fingerprint density at radius 3 is 2.73 bits per heavy atom. The molecule has 0 aliphatic rings. The molecule has 3 heteroatoms. The Balaban J connectivity index is 2.36. The number of rotatable bonds is 2. The Bertz CT molecular complexity index is 464. The van der Waals surface area contributed by atoms with Gasteiger partial charge in [0.2, 0.25) is 0 Å². The molecule has 78 valence electrons. The molecule has 0 bridgehead atoms. The van der Waals surface area contributed by atoms with Crippen LogP contribution in [-0.4, -0.2) is 5.11 Å². The first-order valence-corrected chi connectivity index (χ1v) is 5.54. The number of aliphatic hydroxyl groups is 1. The van der Waals surface area contributed by atoms with Crippen LogP contribution in [0.15, 0.2) is 35.7 Å². The summed E-state index contributed by atoms with van der Waals surface area (Å²) >= 11 is 1.49. The molecule has 2 rings (SSSR count). The van der Waals surface area contributed by atoms with Crippen LogP contribution in [0.25, 0.3) is 0 Å². The first-order valence-electron chi connectivity index (χ1n) is 4.66. The lowest BCUT2D eigenvalue weighted by atomic mass is 10.1. The third-order valence-electron chi connectivity index (χ3n) is 2.31. The topological polar surface area (TPSA) is 20.2 Å². The number of aliphatic hydroxyl groups excluding tert-OH is 1. The molecule has 1 nitrogen and oxygen atoms in total. The van der Waals surface area contributed by atoms with E-state index in [9.17, 15) is 9.50 Å². The lowest BCUT2D eigenvalue weighted by Gasteiger charge is -2.10. The molecule has 0 radical (unpaired) electrons. The highest BCUT2D eigenvalue weighted by molar-refractivity contribution is 7.10. The van der Waals surface area contributed by atoms with Crippen LogP contribution in [0.4, 0.5) is 4.39 Å². The second-order valence-corrected chi connectivity index (χ2v) is 4.37. The zero-order valence-corrected chi connectivity index (χ0v) is 9.09. The van der Waals surface area contributed by atoms with E-state index in [1.165, 1.54) is 23.5 Å². The normalized spacial score (nSPS) is 12.7. The summed E-state index contributed by atoms with van der Waals surface area (Å²) in [4.78, 5) is 0.876. The SMILES string of the molecule is Cc1ccsc1C(O)c1cccc(F)c1. The van der Waals surface area contributed by atoms with Crippen LogP contribution >= 0.6 is 11.3 Å². The predicted octanol–water partition coefficient (Wildman–Crippen LogP) is 3.28. The van der Waals surface area contributed by atoms with Crippen molar-refractivity contribution in [3.8, 4) is 0 Å². The van der Waals surface area contributed by atoms with E-state index in [4.69, 9.17) is 0 Å². The molecule has 1 unspecified atom stereocenters. The summed E-state index contributed by atoms with van der Waals surface area (Å²) in [5, 5.41) is 12.0. The molecule has 0 spiro atoms. The number of benzene rings is 1. The van der Waals surface area contributed by atoms with Gasteiger partial charge in [0.25, 0.3) is 0 Å². The Labute approximate surface area is 91.8 Å². The van der Waals surface area contributed by atoms with Crippen LogP contribution in [0.3, 0.4) is 0 Å². The maximum atomic E-state index is 13.0.